The molecule has 0 aliphatic carbocycles. The summed E-state index contributed by atoms with van der Waals surface area (Å²) in [5, 5.41) is 22.1. The van der Waals surface area contributed by atoms with Gasteiger partial charge in [0.25, 0.3) is 0 Å². The normalized spacial score (nSPS) is 20.6. The van der Waals surface area contributed by atoms with E-state index >= 15 is 0 Å². The van der Waals surface area contributed by atoms with Crippen molar-refractivity contribution in [1.29, 1.82) is 0 Å². The van der Waals surface area contributed by atoms with Crippen LogP contribution in [0.3, 0.4) is 0 Å². The number of halogens is 3. The fourth-order valence-corrected chi connectivity index (χ4v) is 6.67. The maximum absolute atomic E-state index is 14.3. The first kappa shape index (κ1) is 26.4. The fourth-order valence-electron chi connectivity index (χ4n) is 4.11. The van der Waals surface area contributed by atoms with Crippen LogP contribution in [0.15, 0.2) is 64.3 Å². The molecule has 1 amide bonds. The van der Waals surface area contributed by atoms with Gasteiger partial charge in [-0.05, 0) is 0 Å². The molecule has 1 aliphatic rings. The Kier molecular flexibility index (Phi) is 7.07. The van der Waals surface area contributed by atoms with E-state index in [0.717, 1.165) is 16.5 Å². The van der Waals surface area contributed by atoms with Crippen molar-refractivity contribution in [1.82, 2.24) is 13.1 Å². The quantitative estimate of drug-likeness (QED) is 0.280. The molecule has 4 aromatic rings. The number of ether oxygens (including phenoxy) is 1. The van der Waals surface area contributed by atoms with Gasteiger partial charge >= 0.3 is 175 Å². The molecule has 0 radical (unpaired) electrons. The summed E-state index contributed by atoms with van der Waals surface area (Å²) in [7, 11) is 0. The number of amides is 1. The van der Waals surface area contributed by atoms with Crippen LogP contribution in [0.2, 0.25) is 5.02 Å². The number of nitrogens with zero attached hydrogens (tertiary/aromatic N) is 3. The van der Waals surface area contributed by atoms with Gasteiger partial charge in [-0.1, -0.05) is 0 Å². The second-order valence-electron chi connectivity index (χ2n) is 8.53. The average molecular weight is 612 g/mol. The van der Waals surface area contributed by atoms with E-state index in [1.165, 1.54) is 0 Å². The minimum atomic E-state index is -3.85. The molecule has 3 heterocycles. The molecule has 3 atom stereocenters. The SMILES string of the molecule is O=C(Cc1ccc(-n2[se]c3ccccc3c2=O)c(Cl)c1)Nc1ccn([C@H]2O[C@@H](CO)[C@H](O)C2(F)F)c(=O)n1. The van der Waals surface area contributed by atoms with Crippen molar-refractivity contribution in [2.75, 3.05) is 11.9 Å². The minimum absolute atomic E-state index is 0.141. The van der Waals surface area contributed by atoms with E-state index in [1.807, 2.05) is 12.1 Å². The molecule has 38 heavy (non-hydrogen) atoms. The molecular formula is C24H19ClF2N4O6Se. The number of hydrogen-bond acceptors (Lipinski definition) is 7. The Bertz CT molecular complexity index is 1650. The van der Waals surface area contributed by atoms with Gasteiger partial charge in [-0.2, -0.15) is 8.78 Å². The third-order valence-electron chi connectivity index (χ3n) is 6.00. The van der Waals surface area contributed by atoms with E-state index in [-0.39, 0.29) is 32.5 Å². The van der Waals surface area contributed by atoms with E-state index in [4.69, 9.17) is 21.4 Å². The van der Waals surface area contributed by atoms with Crippen LogP contribution in [0.25, 0.3) is 15.3 Å². The Morgan fingerprint density at radius 1 is 1.21 bits per heavy atom. The van der Waals surface area contributed by atoms with Crippen LogP contribution in [0, 0.1) is 0 Å². The third-order valence-corrected chi connectivity index (χ3v) is 8.60. The molecule has 10 nitrogen and oxygen atoms in total. The number of carbonyl (C=O) groups excluding carboxylic acids is 1. The molecule has 0 bridgehead atoms. The Morgan fingerprint density at radius 3 is 2.63 bits per heavy atom. The standard InChI is InChI=1S/C24H19ClF2N4O6Se/c25-14-9-12(5-6-15(14)31-21(35)13-3-1-2-4-17(13)38-31)10-19(33)28-18-7-8-30(23(36)29-18)22-24(26,27)20(34)16(11-32)37-22/h1-9,16,20,22,32,34H,10-11H2,(H,28,29,33,36)/t16-,20-,22-/m0/s1. The number of alkyl halides is 2. The zero-order valence-corrected chi connectivity index (χ0v) is 21.7. The summed E-state index contributed by atoms with van der Waals surface area (Å²) >= 11 is 6.17. The van der Waals surface area contributed by atoms with Gasteiger partial charge in [0.2, 0.25) is 6.23 Å². The number of fused-ring (bicyclic) bond motifs is 1. The molecule has 1 aliphatic heterocycles. The monoisotopic (exact) mass is 612 g/mol. The van der Waals surface area contributed by atoms with E-state index in [1.54, 1.807) is 33.9 Å². The van der Waals surface area contributed by atoms with Gasteiger partial charge in [-0.3, -0.25) is 0 Å². The number of hydrogen-bond donors (Lipinski definition) is 3. The third kappa shape index (κ3) is 4.73. The summed E-state index contributed by atoms with van der Waals surface area (Å²) in [6, 6.07) is 13.3. The predicted molar refractivity (Wildman–Crippen MR) is 134 cm³/mol. The number of nitrogens with one attached hydrogen (secondary N) is 1. The second kappa shape index (κ2) is 10.2. The van der Waals surface area contributed by atoms with E-state index in [9.17, 15) is 28.3 Å². The first-order chi connectivity index (χ1) is 18.1. The first-order valence-electron chi connectivity index (χ1n) is 11.2. The van der Waals surface area contributed by atoms with Crippen LogP contribution < -0.4 is 16.6 Å². The van der Waals surface area contributed by atoms with Gasteiger partial charge < -0.3 is 14.9 Å². The summed E-state index contributed by atoms with van der Waals surface area (Å²) in [6.07, 6.45) is -5.23. The number of benzene rings is 2. The van der Waals surface area contributed by atoms with Crippen molar-refractivity contribution in [3.8, 4) is 5.69 Å². The summed E-state index contributed by atoms with van der Waals surface area (Å²) in [4.78, 5) is 41.3. The Labute approximate surface area is 223 Å². The van der Waals surface area contributed by atoms with Crippen LogP contribution in [0.1, 0.15) is 11.8 Å². The van der Waals surface area contributed by atoms with Crippen molar-refractivity contribution in [2.45, 2.75) is 30.8 Å². The molecule has 3 N–H and O–H groups in total. The Balaban J connectivity index is 1.29. The number of aromatic nitrogens is 3. The van der Waals surface area contributed by atoms with Gasteiger partial charge in [0.1, 0.15) is 6.10 Å². The van der Waals surface area contributed by atoms with Crippen LogP contribution in [-0.4, -0.2) is 68.7 Å². The summed E-state index contributed by atoms with van der Waals surface area (Å²) < 4.78 is 36.6. The summed E-state index contributed by atoms with van der Waals surface area (Å²) in [5.74, 6) is -4.58. The molecule has 0 unspecified atom stereocenters. The van der Waals surface area contributed by atoms with E-state index in [2.05, 4.69) is 10.3 Å². The Morgan fingerprint density at radius 2 is 1.97 bits per heavy atom. The van der Waals surface area contributed by atoms with Crippen molar-refractivity contribution >= 4 is 47.7 Å². The van der Waals surface area contributed by atoms with Crippen LogP contribution in [0.4, 0.5) is 14.6 Å². The molecule has 2 aromatic heterocycles. The Hall–Kier alpha value is -3.19. The van der Waals surface area contributed by atoms with E-state index in [0.29, 0.717) is 26.2 Å². The first-order valence-corrected chi connectivity index (χ1v) is 13.2. The zero-order valence-electron chi connectivity index (χ0n) is 19.3. The number of rotatable bonds is 6. The van der Waals surface area contributed by atoms with Gasteiger partial charge in [-0.25, -0.2) is 0 Å². The van der Waals surface area contributed by atoms with Crippen LogP contribution in [0.5, 0.6) is 0 Å². The molecule has 198 valence electrons. The molecule has 2 aromatic carbocycles. The van der Waals surface area contributed by atoms with Crippen LogP contribution in [-0.2, 0) is 16.0 Å². The molecule has 5 rings (SSSR count). The summed E-state index contributed by atoms with van der Waals surface area (Å²) in [6.45, 7) is -0.864. The number of aliphatic hydroxyl groups excluding tert-OH is 2. The van der Waals surface area contributed by atoms with Crippen molar-refractivity contribution < 1.29 is 28.5 Å². The molecule has 14 heteroatoms. The van der Waals surface area contributed by atoms with Crippen LogP contribution >= 0.6 is 11.6 Å². The number of anilines is 1. The van der Waals surface area contributed by atoms with Gasteiger partial charge in [0.05, 0.1) is 6.61 Å². The van der Waals surface area contributed by atoms with E-state index < -0.39 is 42.6 Å². The van der Waals surface area contributed by atoms with Crippen molar-refractivity contribution in [3.05, 3.63) is 86.2 Å². The molecule has 1 fully saturated rings. The number of aliphatic hydroxyl groups is 2. The zero-order chi connectivity index (χ0) is 27.2. The second-order valence-corrected chi connectivity index (χ2v) is 11.0. The summed E-state index contributed by atoms with van der Waals surface area (Å²) in [5.41, 5.74) is -0.231. The number of carbonyl (C=O) groups is 1. The molecule has 1 saturated heterocycles. The topological polar surface area (TPSA) is 136 Å². The molecule has 0 spiro atoms. The van der Waals surface area contributed by atoms with Gasteiger partial charge in [0, 0.05) is 0 Å². The van der Waals surface area contributed by atoms with Crippen molar-refractivity contribution in [3.63, 3.8) is 0 Å². The van der Waals surface area contributed by atoms with Crippen molar-refractivity contribution in [2.24, 2.45) is 0 Å². The van der Waals surface area contributed by atoms with Gasteiger partial charge in [-0.15, -0.1) is 0 Å². The molecule has 0 saturated carbocycles. The fraction of sp³-hybridized carbons (Fsp3) is 0.250. The van der Waals surface area contributed by atoms with Gasteiger partial charge in [0.15, 0.2) is 6.10 Å². The maximum atomic E-state index is 14.3. The molecular weight excluding hydrogens is 593 g/mol. The average Bonchev–Trinajstić information content (AvgIpc) is 3.32. The predicted octanol–water partition coefficient (Wildman–Crippen LogP) is 1.32.